The van der Waals surface area contributed by atoms with Gasteiger partial charge in [0.2, 0.25) is 0 Å². The van der Waals surface area contributed by atoms with Crippen LogP contribution in [0, 0.1) is 0 Å². The molecule has 0 aromatic heterocycles. The summed E-state index contributed by atoms with van der Waals surface area (Å²) >= 11 is 0. The minimum atomic E-state index is 0. The van der Waals surface area contributed by atoms with Gasteiger partial charge in [-0.05, 0) is 24.5 Å². The van der Waals surface area contributed by atoms with Crippen LogP contribution in [0.2, 0.25) is 0 Å². The van der Waals surface area contributed by atoms with Crippen LogP contribution in [0.5, 0.6) is 5.75 Å². The third-order valence-corrected chi connectivity index (χ3v) is 1.96. The summed E-state index contributed by atoms with van der Waals surface area (Å²) in [5.41, 5.74) is 2.08. The molecule has 0 saturated carbocycles. The maximum absolute atomic E-state index is 9.57. The van der Waals surface area contributed by atoms with Crippen molar-refractivity contribution in [2.24, 2.45) is 0 Å². The Morgan fingerprint density at radius 1 is 1.13 bits per heavy atom. The van der Waals surface area contributed by atoms with E-state index in [9.17, 15) is 5.11 Å². The fraction of sp³-hybridized carbons (Fsp3) is 0.167. The standard InChI is InChI=1S/C12H14O.Ca.S/c1-3-6-10-8-5-9-12(13)11(10)7-4-2;;/h3-5,8-9,13H,1-2,6-7H2;;/q;+2;-2. The van der Waals surface area contributed by atoms with E-state index in [2.05, 4.69) is 13.2 Å². The summed E-state index contributed by atoms with van der Waals surface area (Å²) in [6.07, 6.45) is 5.12. The van der Waals surface area contributed by atoms with Gasteiger partial charge in [0.05, 0.1) is 0 Å². The van der Waals surface area contributed by atoms with Crippen LogP contribution >= 0.6 is 0 Å². The molecule has 76 valence electrons. The summed E-state index contributed by atoms with van der Waals surface area (Å²) in [5, 5.41) is 9.57. The number of benzene rings is 1. The number of hydrogen-bond acceptors (Lipinski definition) is 1. The molecule has 0 aliphatic carbocycles. The second kappa shape index (κ2) is 9.34. The molecule has 15 heavy (non-hydrogen) atoms. The van der Waals surface area contributed by atoms with Gasteiger partial charge in [-0.3, -0.25) is 0 Å². The molecule has 1 aromatic rings. The van der Waals surface area contributed by atoms with E-state index in [-0.39, 0.29) is 51.2 Å². The first kappa shape index (κ1) is 17.5. The molecule has 0 saturated heterocycles. The van der Waals surface area contributed by atoms with E-state index in [4.69, 9.17) is 0 Å². The summed E-state index contributed by atoms with van der Waals surface area (Å²) in [5.74, 6) is 0.347. The Labute approximate surface area is 128 Å². The van der Waals surface area contributed by atoms with Gasteiger partial charge in [0.25, 0.3) is 0 Å². The van der Waals surface area contributed by atoms with E-state index < -0.39 is 0 Å². The fourth-order valence-electron chi connectivity index (χ4n) is 1.35. The Morgan fingerprint density at radius 3 is 2.27 bits per heavy atom. The summed E-state index contributed by atoms with van der Waals surface area (Å²) in [6.45, 7) is 7.34. The van der Waals surface area contributed by atoms with Crippen LogP contribution in [-0.4, -0.2) is 42.8 Å². The van der Waals surface area contributed by atoms with Gasteiger partial charge in [-0.2, -0.15) is 0 Å². The molecule has 0 fully saturated rings. The van der Waals surface area contributed by atoms with Crippen molar-refractivity contribution in [2.45, 2.75) is 12.8 Å². The maximum Gasteiger partial charge on any atom is 2.00 e. The van der Waals surface area contributed by atoms with Crippen LogP contribution < -0.4 is 0 Å². The van der Waals surface area contributed by atoms with Gasteiger partial charge in [-0.15, -0.1) is 13.2 Å². The van der Waals surface area contributed by atoms with E-state index >= 15 is 0 Å². The summed E-state index contributed by atoms with van der Waals surface area (Å²) in [7, 11) is 0. The number of aromatic hydroxyl groups is 1. The summed E-state index contributed by atoms with van der Waals surface area (Å²) < 4.78 is 0. The van der Waals surface area contributed by atoms with Crippen LogP contribution in [0.4, 0.5) is 0 Å². The predicted molar refractivity (Wildman–Crippen MR) is 69.0 cm³/mol. The topological polar surface area (TPSA) is 20.2 Å². The van der Waals surface area contributed by atoms with Gasteiger partial charge >= 0.3 is 37.7 Å². The van der Waals surface area contributed by atoms with Crippen molar-refractivity contribution in [2.75, 3.05) is 0 Å². The number of phenols is 1. The first-order chi connectivity index (χ1) is 6.29. The molecule has 1 N–H and O–H groups in total. The van der Waals surface area contributed by atoms with Gasteiger partial charge in [0.1, 0.15) is 5.75 Å². The molecule has 1 rings (SSSR count). The van der Waals surface area contributed by atoms with Crippen molar-refractivity contribution < 1.29 is 5.11 Å². The molecule has 0 heterocycles. The molecule has 0 unspecified atom stereocenters. The molecule has 0 radical (unpaired) electrons. The average Bonchev–Trinajstić information content (AvgIpc) is 2.11. The molecular weight excluding hydrogens is 232 g/mol. The van der Waals surface area contributed by atoms with Gasteiger partial charge in [0.15, 0.2) is 0 Å². The average molecular weight is 246 g/mol. The summed E-state index contributed by atoms with van der Waals surface area (Å²) in [6, 6.07) is 5.55. The van der Waals surface area contributed by atoms with Gasteiger partial charge in [0, 0.05) is 5.56 Å². The van der Waals surface area contributed by atoms with E-state index in [1.807, 2.05) is 18.2 Å². The molecule has 1 aromatic carbocycles. The first-order valence-corrected chi connectivity index (χ1v) is 4.31. The second-order valence-electron chi connectivity index (χ2n) is 2.90. The van der Waals surface area contributed by atoms with Crippen LogP contribution in [0.25, 0.3) is 0 Å². The van der Waals surface area contributed by atoms with Gasteiger partial charge in [-0.25, -0.2) is 0 Å². The Kier molecular flexibility index (Phi) is 10.9. The molecule has 0 aliphatic rings. The third-order valence-electron chi connectivity index (χ3n) is 1.96. The Balaban J connectivity index is 0. The SMILES string of the molecule is C=CCc1cccc(O)c1CC=C.[Ca+2].[S-2]. The van der Waals surface area contributed by atoms with E-state index in [1.165, 1.54) is 0 Å². The maximum atomic E-state index is 9.57. The van der Waals surface area contributed by atoms with Gasteiger partial charge < -0.3 is 18.6 Å². The molecule has 0 spiro atoms. The number of hydrogen-bond donors (Lipinski definition) is 1. The fourth-order valence-corrected chi connectivity index (χ4v) is 1.35. The van der Waals surface area contributed by atoms with E-state index in [0.29, 0.717) is 12.2 Å². The van der Waals surface area contributed by atoms with Crippen LogP contribution in [0.15, 0.2) is 43.5 Å². The summed E-state index contributed by atoms with van der Waals surface area (Å²) in [4.78, 5) is 0. The minimum Gasteiger partial charge on any atom is -2.00 e. The van der Waals surface area contributed by atoms with Crippen LogP contribution in [0.3, 0.4) is 0 Å². The number of allylic oxidation sites excluding steroid dienone is 2. The van der Waals surface area contributed by atoms with Crippen molar-refractivity contribution in [1.29, 1.82) is 0 Å². The van der Waals surface area contributed by atoms with Crippen molar-refractivity contribution in [3.63, 3.8) is 0 Å². The molecule has 0 aliphatic heterocycles. The Morgan fingerprint density at radius 2 is 1.73 bits per heavy atom. The smallest absolute Gasteiger partial charge is 2.00 e. The van der Waals surface area contributed by atoms with E-state index in [1.54, 1.807) is 12.1 Å². The Bertz CT molecular complexity index is 323. The second-order valence-corrected chi connectivity index (χ2v) is 2.90. The molecule has 0 atom stereocenters. The van der Waals surface area contributed by atoms with Crippen molar-refractivity contribution in [3.05, 3.63) is 54.6 Å². The Hall–Kier alpha value is 0.110. The number of phenolic OH excluding ortho intramolecular Hbond substituents is 1. The van der Waals surface area contributed by atoms with E-state index in [0.717, 1.165) is 17.5 Å². The zero-order valence-electron chi connectivity index (χ0n) is 8.78. The van der Waals surface area contributed by atoms with Crippen molar-refractivity contribution in [1.82, 2.24) is 0 Å². The molecule has 3 heteroatoms. The molecule has 1 nitrogen and oxygen atoms in total. The van der Waals surface area contributed by atoms with Crippen molar-refractivity contribution in [3.8, 4) is 5.75 Å². The third kappa shape index (κ3) is 5.12. The number of rotatable bonds is 4. The molecular formula is C12H14CaOS. The van der Waals surface area contributed by atoms with Crippen molar-refractivity contribution >= 4 is 51.2 Å². The molecule has 0 bridgehead atoms. The normalized spacial score (nSPS) is 8.27. The monoisotopic (exact) mass is 246 g/mol. The quantitative estimate of drug-likeness (QED) is 0.639. The largest absolute Gasteiger partial charge is 2.00 e. The van der Waals surface area contributed by atoms with Gasteiger partial charge in [-0.1, -0.05) is 24.3 Å². The minimum absolute atomic E-state index is 0. The zero-order valence-corrected chi connectivity index (χ0v) is 11.8. The predicted octanol–water partition coefficient (Wildman–Crippen LogP) is 2.47. The first-order valence-electron chi connectivity index (χ1n) is 4.31. The van der Waals surface area contributed by atoms with Crippen LogP contribution in [0.1, 0.15) is 11.1 Å². The zero-order chi connectivity index (χ0) is 9.68. The van der Waals surface area contributed by atoms with Crippen LogP contribution in [-0.2, 0) is 26.3 Å². The molecule has 0 amide bonds.